The lowest BCUT2D eigenvalue weighted by Gasteiger charge is -2.23. The fourth-order valence-electron chi connectivity index (χ4n) is 3.07. The van der Waals surface area contributed by atoms with Crippen molar-refractivity contribution in [2.75, 3.05) is 5.32 Å². The van der Waals surface area contributed by atoms with E-state index >= 15 is 0 Å². The Morgan fingerprint density at radius 3 is 2.69 bits per heavy atom. The van der Waals surface area contributed by atoms with Crippen molar-refractivity contribution in [3.05, 3.63) is 36.4 Å². The summed E-state index contributed by atoms with van der Waals surface area (Å²) < 4.78 is 1.56. The van der Waals surface area contributed by atoms with Crippen LogP contribution in [0.5, 0.6) is 0 Å². The number of carbonyl (C=O) groups excluding carboxylic acids is 2. The van der Waals surface area contributed by atoms with E-state index in [1.54, 1.807) is 36.1 Å². The number of benzene rings is 1. The maximum atomic E-state index is 12.8. The molecule has 0 spiro atoms. The van der Waals surface area contributed by atoms with Crippen LogP contribution in [-0.4, -0.2) is 38.7 Å². The number of aromatic nitrogens is 3. The number of anilines is 1. The first-order chi connectivity index (χ1) is 12.5. The van der Waals surface area contributed by atoms with Crippen LogP contribution in [0.4, 0.5) is 5.69 Å². The Bertz CT molecular complexity index is 766. The van der Waals surface area contributed by atoms with Crippen molar-refractivity contribution in [3.8, 4) is 5.69 Å². The highest BCUT2D eigenvalue weighted by Crippen LogP contribution is 2.22. The molecule has 1 aromatic carbocycles. The Morgan fingerprint density at radius 1 is 1.27 bits per heavy atom. The van der Waals surface area contributed by atoms with E-state index in [0.29, 0.717) is 16.9 Å². The zero-order valence-electron chi connectivity index (χ0n) is 14.8. The molecule has 0 radical (unpaired) electrons. The third-order valence-electron chi connectivity index (χ3n) is 4.54. The summed E-state index contributed by atoms with van der Waals surface area (Å²) in [6, 6.07) is 4.66. The minimum Gasteiger partial charge on any atom is -0.349 e. The molecule has 0 aliphatic heterocycles. The van der Waals surface area contributed by atoms with E-state index in [4.69, 9.17) is 5.73 Å². The lowest BCUT2D eigenvalue weighted by Crippen LogP contribution is -2.37. The predicted molar refractivity (Wildman–Crippen MR) is 98.0 cm³/mol. The van der Waals surface area contributed by atoms with Crippen LogP contribution in [0.1, 0.15) is 49.4 Å². The summed E-state index contributed by atoms with van der Waals surface area (Å²) in [5, 5.41) is 9.90. The maximum absolute atomic E-state index is 12.8. The SMILES string of the molecule is CC(N)C(=O)Nc1cc(-n2cncn2)ccc1C(=O)NC1CCCCC1. The Kier molecular flexibility index (Phi) is 5.62. The van der Waals surface area contributed by atoms with Crippen molar-refractivity contribution < 1.29 is 9.59 Å². The van der Waals surface area contributed by atoms with Crippen LogP contribution < -0.4 is 16.4 Å². The fourth-order valence-corrected chi connectivity index (χ4v) is 3.07. The number of nitrogens with zero attached hydrogens (tertiary/aromatic N) is 3. The van der Waals surface area contributed by atoms with Crippen LogP contribution in [-0.2, 0) is 4.79 Å². The summed E-state index contributed by atoms with van der Waals surface area (Å²) in [5.74, 6) is -0.547. The number of hydrogen-bond acceptors (Lipinski definition) is 5. The fraction of sp³-hybridized carbons (Fsp3) is 0.444. The molecule has 26 heavy (non-hydrogen) atoms. The molecule has 1 aliphatic rings. The molecular weight excluding hydrogens is 332 g/mol. The molecule has 1 aliphatic carbocycles. The summed E-state index contributed by atoms with van der Waals surface area (Å²) in [6.45, 7) is 1.60. The van der Waals surface area contributed by atoms with Crippen molar-refractivity contribution in [2.45, 2.75) is 51.1 Å². The summed E-state index contributed by atoms with van der Waals surface area (Å²) >= 11 is 0. The molecule has 8 nitrogen and oxygen atoms in total. The average molecular weight is 356 g/mol. The smallest absolute Gasteiger partial charge is 0.253 e. The van der Waals surface area contributed by atoms with Gasteiger partial charge in [0.15, 0.2) is 0 Å². The van der Waals surface area contributed by atoms with E-state index in [1.165, 1.54) is 12.7 Å². The topological polar surface area (TPSA) is 115 Å². The Balaban J connectivity index is 1.86. The van der Waals surface area contributed by atoms with Crippen LogP contribution in [0.2, 0.25) is 0 Å². The molecule has 0 saturated heterocycles. The highest BCUT2D eigenvalue weighted by atomic mass is 16.2. The summed E-state index contributed by atoms with van der Waals surface area (Å²) in [6.07, 6.45) is 8.43. The van der Waals surface area contributed by atoms with Crippen LogP contribution >= 0.6 is 0 Å². The zero-order valence-corrected chi connectivity index (χ0v) is 14.8. The monoisotopic (exact) mass is 356 g/mol. The third kappa shape index (κ3) is 4.26. The Morgan fingerprint density at radius 2 is 2.04 bits per heavy atom. The van der Waals surface area contributed by atoms with Gasteiger partial charge in [0, 0.05) is 6.04 Å². The van der Waals surface area contributed by atoms with Gasteiger partial charge in [0.25, 0.3) is 5.91 Å². The Labute approximate surface area is 152 Å². The predicted octanol–water partition coefficient (Wildman–Crippen LogP) is 1.62. The third-order valence-corrected chi connectivity index (χ3v) is 4.54. The standard InChI is InChI=1S/C18H24N6O2/c1-12(19)17(25)23-16-9-14(24-11-20-10-21-24)7-8-15(16)18(26)22-13-5-3-2-4-6-13/h7-13H,2-6,19H2,1H3,(H,22,26)(H,23,25). The number of rotatable bonds is 5. The van der Waals surface area contributed by atoms with Crippen molar-refractivity contribution in [2.24, 2.45) is 5.73 Å². The number of nitrogens with two attached hydrogens (primary N) is 1. The Hall–Kier alpha value is -2.74. The van der Waals surface area contributed by atoms with Gasteiger partial charge < -0.3 is 16.4 Å². The molecule has 1 aromatic heterocycles. The number of amides is 2. The maximum Gasteiger partial charge on any atom is 0.253 e. The van der Waals surface area contributed by atoms with Crippen LogP contribution in [0, 0.1) is 0 Å². The van der Waals surface area contributed by atoms with E-state index in [2.05, 4.69) is 20.7 Å². The van der Waals surface area contributed by atoms with E-state index in [0.717, 1.165) is 25.7 Å². The van der Waals surface area contributed by atoms with Crippen molar-refractivity contribution in [1.29, 1.82) is 0 Å². The van der Waals surface area contributed by atoms with E-state index in [1.807, 2.05) is 0 Å². The van der Waals surface area contributed by atoms with Gasteiger partial charge in [-0.25, -0.2) is 9.67 Å². The normalized spacial score (nSPS) is 16.1. The summed E-state index contributed by atoms with van der Waals surface area (Å²) in [5.41, 5.74) is 7.16. The van der Waals surface area contributed by atoms with Gasteiger partial charge in [-0.15, -0.1) is 0 Å². The lowest BCUT2D eigenvalue weighted by atomic mass is 9.95. The van der Waals surface area contributed by atoms with Gasteiger partial charge >= 0.3 is 0 Å². The molecule has 1 fully saturated rings. The van der Waals surface area contributed by atoms with Gasteiger partial charge in [0.1, 0.15) is 12.7 Å². The minimum atomic E-state index is -0.681. The van der Waals surface area contributed by atoms with E-state index < -0.39 is 6.04 Å². The number of hydrogen-bond donors (Lipinski definition) is 3. The molecule has 1 saturated carbocycles. The first kappa shape index (κ1) is 18.1. The quantitative estimate of drug-likeness (QED) is 0.753. The van der Waals surface area contributed by atoms with Gasteiger partial charge in [0.05, 0.1) is 23.0 Å². The second-order valence-electron chi connectivity index (χ2n) is 6.66. The van der Waals surface area contributed by atoms with Crippen molar-refractivity contribution >= 4 is 17.5 Å². The molecule has 1 heterocycles. The molecule has 138 valence electrons. The lowest BCUT2D eigenvalue weighted by molar-refractivity contribution is -0.117. The highest BCUT2D eigenvalue weighted by molar-refractivity contribution is 6.05. The van der Waals surface area contributed by atoms with Gasteiger partial charge in [-0.05, 0) is 38.0 Å². The molecule has 2 amide bonds. The van der Waals surface area contributed by atoms with Gasteiger partial charge in [-0.1, -0.05) is 19.3 Å². The van der Waals surface area contributed by atoms with Crippen LogP contribution in [0.3, 0.4) is 0 Å². The van der Waals surface area contributed by atoms with Crippen molar-refractivity contribution in [1.82, 2.24) is 20.1 Å². The first-order valence-corrected chi connectivity index (χ1v) is 8.91. The summed E-state index contributed by atoms with van der Waals surface area (Å²) in [4.78, 5) is 28.7. The number of carbonyl (C=O) groups is 2. The average Bonchev–Trinajstić information content (AvgIpc) is 3.17. The molecule has 4 N–H and O–H groups in total. The first-order valence-electron chi connectivity index (χ1n) is 8.91. The van der Waals surface area contributed by atoms with Crippen molar-refractivity contribution in [3.63, 3.8) is 0 Å². The van der Waals surface area contributed by atoms with E-state index in [9.17, 15) is 9.59 Å². The minimum absolute atomic E-state index is 0.184. The molecule has 2 aromatic rings. The van der Waals surface area contributed by atoms with Gasteiger partial charge in [-0.2, -0.15) is 5.10 Å². The second-order valence-corrected chi connectivity index (χ2v) is 6.66. The molecule has 3 rings (SSSR count). The zero-order chi connectivity index (χ0) is 18.5. The van der Waals surface area contributed by atoms with Gasteiger partial charge in [-0.3, -0.25) is 9.59 Å². The molecule has 8 heteroatoms. The largest absolute Gasteiger partial charge is 0.349 e. The van der Waals surface area contributed by atoms with Crippen LogP contribution in [0.15, 0.2) is 30.9 Å². The molecule has 1 atom stereocenters. The second kappa shape index (κ2) is 8.09. The summed E-state index contributed by atoms with van der Waals surface area (Å²) in [7, 11) is 0. The van der Waals surface area contributed by atoms with Gasteiger partial charge in [0.2, 0.25) is 5.91 Å². The molecule has 0 bridgehead atoms. The van der Waals surface area contributed by atoms with Crippen LogP contribution in [0.25, 0.3) is 5.69 Å². The molecule has 1 unspecified atom stereocenters. The molecular formula is C18H24N6O2. The number of nitrogens with one attached hydrogen (secondary N) is 2. The highest BCUT2D eigenvalue weighted by Gasteiger charge is 2.20. The van der Waals surface area contributed by atoms with E-state index in [-0.39, 0.29) is 17.9 Å².